The molecule has 5 unspecified atom stereocenters. The highest BCUT2D eigenvalue weighted by atomic mass is 16.6. The minimum atomic E-state index is -1.21. The van der Waals surface area contributed by atoms with Crippen molar-refractivity contribution in [3.05, 3.63) is 35.5 Å². The molecule has 4 heterocycles. The number of aromatic nitrogens is 1. The SMILES string of the molecule is COC(=O)C1COC(C)(O)C2CN3CCc4c([nH]c5ccccc45)C3CC12. The number of para-hydroxylation sites is 1. The fourth-order valence-corrected chi connectivity index (χ4v) is 5.56. The zero-order chi connectivity index (χ0) is 18.8. The lowest BCUT2D eigenvalue weighted by molar-refractivity contribution is -0.286. The summed E-state index contributed by atoms with van der Waals surface area (Å²) in [6, 6.07) is 8.69. The fourth-order valence-electron chi connectivity index (χ4n) is 5.56. The van der Waals surface area contributed by atoms with Gasteiger partial charge in [-0.15, -0.1) is 0 Å². The molecular formula is C21H26N2O4. The van der Waals surface area contributed by atoms with E-state index in [4.69, 9.17) is 9.47 Å². The van der Waals surface area contributed by atoms with Gasteiger partial charge in [0.25, 0.3) is 0 Å². The first kappa shape index (κ1) is 17.2. The molecule has 0 aliphatic carbocycles. The first-order chi connectivity index (χ1) is 13.0. The van der Waals surface area contributed by atoms with Gasteiger partial charge >= 0.3 is 5.97 Å². The van der Waals surface area contributed by atoms with E-state index in [9.17, 15) is 9.90 Å². The van der Waals surface area contributed by atoms with E-state index in [1.165, 1.54) is 29.3 Å². The fraction of sp³-hybridized carbons (Fsp3) is 0.571. The van der Waals surface area contributed by atoms with Gasteiger partial charge in [-0.3, -0.25) is 9.69 Å². The summed E-state index contributed by atoms with van der Waals surface area (Å²) in [7, 11) is 1.43. The number of piperidine rings is 1. The number of esters is 1. The number of H-pyrrole nitrogens is 1. The number of rotatable bonds is 1. The van der Waals surface area contributed by atoms with Crippen LogP contribution in [0.4, 0.5) is 0 Å². The van der Waals surface area contributed by atoms with Crippen molar-refractivity contribution in [3.63, 3.8) is 0 Å². The van der Waals surface area contributed by atoms with Crippen LogP contribution >= 0.6 is 0 Å². The maximum atomic E-state index is 12.4. The molecular weight excluding hydrogens is 344 g/mol. The Kier molecular flexibility index (Phi) is 3.86. The average Bonchev–Trinajstić information content (AvgIpc) is 3.06. The number of methoxy groups -OCH3 is 1. The molecule has 5 rings (SSSR count). The van der Waals surface area contributed by atoms with E-state index in [0.29, 0.717) is 0 Å². The monoisotopic (exact) mass is 370 g/mol. The maximum Gasteiger partial charge on any atom is 0.311 e. The highest BCUT2D eigenvalue weighted by molar-refractivity contribution is 5.85. The Hall–Kier alpha value is -1.89. The molecule has 2 N–H and O–H groups in total. The van der Waals surface area contributed by atoms with Crippen LogP contribution in [0.3, 0.4) is 0 Å². The summed E-state index contributed by atoms with van der Waals surface area (Å²) in [4.78, 5) is 18.5. The zero-order valence-corrected chi connectivity index (χ0v) is 15.8. The van der Waals surface area contributed by atoms with Gasteiger partial charge in [-0.05, 0) is 37.3 Å². The standard InChI is InChI=1S/C21H26N2O4/c1-21(25)16-10-23-8-7-13-12-5-3-4-6-17(12)22-19(13)18(23)9-14(16)15(11-27-21)20(24)26-2/h3-6,14-16,18,22,25H,7-11H2,1-2H3. The van der Waals surface area contributed by atoms with Crippen LogP contribution < -0.4 is 0 Å². The van der Waals surface area contributed by atoms with Crippen LogP contribution in [0.5, 0.6) is 0 Å². The van der Waals surface area contributed by atoms with Gasteiger partial charge in [0, 0.05) is 35.6 Å². The second-order valence-electron chi connectivity index (χ2n) is 8.32. The Morgan fingerprint density at radius 1 is 1.41 bits per heavy atom. The molecule has 0 saturated carbocycles. The summed E-state index contributed by atoms with van der Waals surface area (Å²) < 4.78 is 10.7. The van der Waals surface area contributed by atoms with Crippen molar-refractivity contribution < 1.29 is 19.4 Å². The highest BCUT2D eigenvalue weighted by Gasteiger charge is 2.54. The van der Waals surface area contributed by atoms with Crippen LogP contribution in [0.1, 0.15) is 30.6 Å². The maximum absolute atomic E-state index is 12.4. The number of fused-ring (bicyclic) bond motifs is 6. The summed E-state index contributed by atoms with van der Waals surface area (Å²) >= 11 is 0. The lowest BCUT2D eigenvalue weighted by Crippen LogP contribution is -2.60. The number of aliphatic hydroxyl groups is 1. The molecule has 27 heavy (non-hydrogen) atoms. The largest absolute Gasteiger partial charge is 0.469 e. The predicted molar refractivity (Wildman–Crippen MR) is 100.0 cm³/mol. The number of nitrogens with one attached hydrogen (secondary N) is 1. The van der Waals surface area contributed by atoms with Gasteiger partial charge in [-0.2, -0.15) is 0 Å². The van der Waals surface area contributed by atoms with Gasteiger partial charge in [0.05, 0.1) is 25.7 Å². The summed E-state index contributed by atoms with van der Waals surface area (Å²) in [6.45, 7) is 3.64. The van der Waals surface area contributed by atoms with Crippen molar-refractivity contribution in [3.8, 4) is 0 Å². The number of hydrogen-bond donors (Lipinski definition) is 2. The molecule has 6 nitrogen and oxygen atoms in total. The predicted octanol–water partition coefficient (Wildman–Crippen LogP) is 2.23. The number of carbonyl (C=O) groups excluding carboxylic acids is 1. The van der Waals surface area contributed by atoms with Crippen LogP contribution in [0.2, 0.25) is 0 Å². The van der Waals surface area contributed by atoms with Crippen molar-refractivity contribution in [2.75, 3.05) is 26.8 Å². The quantitative estimate of drug-likeness (QED) is 0.753. The van der Waals surface area contributed by atoms with Gasteiger partial charge in [-0.1, -0.05) is 18.2 Å². The molecule has 0 bridgehead atoms. The van der Waals surface area contributed by atoms with Gasteiger partial charge in [-0.25, -0.2) is 0 Å². The Labute approximate surface area is 158 Å². The van der Waals surface area contributed by atoms with E-state index in [-0.39, 0.29) is 36.4 Å². The van der Waals surface area contributed by atoms with Gasteiger partial charge in [0.15, 0.2) is 5.79 Å². The molecule has 1 aromatic heterocycles. The molecule has 5 atom stereocenters. The third-order valence-corrected chi connectivity index (χ3v) is 6.98. The van der Waals surface area contributed by atoms with Crippen LogP contribution in [0.15, 0.2) is 24.3 Å². The number of hydrogen-bond acceptors (Lipinski definition) is 5. The van der Waals surface area contributed by atoms with Crippen LogP contribution in [-0.2, 0) is 20.7 Å². The highest BCUT2D eigenvalue weighted by Crippen LogP contribution is 2.50. The summed E-state index contributed by atoms with van der Waals surface area (Å²) in [5.74, 6) is -1.82. The van der Waals surface area contributed by atoms with Crippen molar-refractivity contribution in [2.45, 2.75) is 31.6 Å². The van der Waals surface area contributed by atoms with E-state index in [0.717, 1.165) is 25.9 Å². The number of benzene rings is 1. The Morgan fingerprint density at radius 3 is 3.04 bits per heavy atom. The first-order valence-corrected chi connectivity index (χ1v) is 9.77. The van der Waals surface area contributed by atoms with Crippen molar-refractivity contribution in [2.24, 2.45) is 17.8 Å². The Bertz CT molecular complexity index is 889. The molecule has 3 aliphatic heterocycles. The summed E-state index contributed by atoms with van der Waals surface area (Å²) in [6.07, 6.45) is 1.82. The summed E-state index contributed by atoms with van der Waals surface area (Å²) in [5.41, 5.74) is 3.85. The van der Waals surface area contributed by atoms with Crippen molar-refractivity contribution in [1.82, 2.24) is 9.88 Å². The zero-order valence-electron chi connectivity index (χ0n) is 15.8. The Balaban J connectivity index is 1.54. The molecule has 0 amide bonds. The normalized spacial score (nSPS) is 36.0. The number of ether oxygens (including phenoxy) is 2. The molecule has 3 aliphatic rings. The van der Waals surface area contributed by atoms with E-state index in [2.05, 4.69) is 34.1 Å². The lowest BCUT2D eigenvalue weighted by atomic mass is 9.68. The minimum Gasteiger partial charge on any atom is -0.469 e. The molecule has 0 radical (unpaired) electrons. The lowest BCUT2D eigenvalue weighted by Gasteiger charge is -2.54. The van der Waals surface area contributed by atoms with Crippen molar-refractivity contribution in [1.29, 1.82) is 0 Å². The third kappa shape index (κ3) is 2.54. The van der Waals surface area contributed by atoms with Gasteiger partial charge in [0.2, 0.25) is 0 Å². The second kappa shape index (κ2) is 6.06. The summed E-state index contributed by atoms with van der Waals surface area (Å²) in [5, 5.41) is 12.1. The van der Waals surface area contributed by atoms with Crippen LogP contribution in [0.25, 0.3) is 10.9 Å². The van der Waals surface area contributed by atoms with Crippen molar-refractivity contribution >= 4 is 16.9 Å². The Morgan fingerprint density at radius 2 is 2.22 bits per heavy atom. The third-order valence-electron chi connectivity index (χ3n) is 6.98. The minimum absolute atomic E-state index is 0.0415. The van der Waals surface area contributed by atoms with Gasteiger partial charge < -0.3 is 19.6 Å². The van der Waals surface area contributed by atoms with E-state index < -0.39 is 5.79 Å². The molecule has 144 valence electrons. The molecule has 2 fully saturated rings. The molecule has 1 aromatic carbocycles. The van der Waals surface area contributed by atoms with Gasteiger partial charge in [0.1, 0.15) is 0 Å². The number of nitrogens with zero attached hydrogens (tertiary/aromatic N) is 1. The van der Waals surface area contributed by atoms with E-state index >= 15 is 0 Å². The van der Waals surface area contributed by atoms with Crippen LogP contribution in [0, 0.1) is 17.8 Å². The van der Waals surface area contributed by atoms with Crippen LogP contribution in [-0.4, -0.2) is 53.6 Å². The first-order valence-electron chi connectivity index (χ1n) is 9.77. The van der Waals surface area contributed by atoms with E-state index in [1.807, 2.05) is 0 Å². The topological polar surface area (TPSA) is 74.8 Å². The molecule has 0 spiro atoms. The molecule has 6 heteroatoms. The number of aromatic amines is 1. The molecule has 2 saturated heterocycles. The molecule has 2 aromatic rings. The van der Waals surface area contributed by atoms with E-state index in [1.54, 1.807) is 6.92 Å². The smallest absolute Gasteiger partial charge is 0.311 e. The second-order valence-corrected chi connectivity index (χ2v) is 8.32. The number of carbonyl (C=O) groups is 1. The average molecular weight is 370 g/mol.